The molecule has 4 N–H and O–H groups in total. The number of rotatable bonds is 6. The molecule has 1 saturated heterocycles. The van der Waals surface area contributed by atoms with E-state index in [2.05, 4.69) is 40.1 Å². The Hall–Kier alpha value is -3.11. The van der Waals surface area contributed by atoms with Gasteiger partial charge in [0.15, 0.2) is 6.29 Å². The van der Waals surface area contributed by atoms with Gasteiger partial charge in [-0.05, 0) is 32.0 Å². The minimum atomic E-state index is 0.0746. The van der Waals surface area contributed by atoms with E-state index in [0.29, 0.717) is 36.0 Å². The number of ether oxygens (including phenoxy) is 1. The molecule has 1 amide bonds. The minimum Gasteiger partial charge on any atom is -0.496 e. The normalized spacial score (nSPS) is 17.5. The van der Waals surface area contributed by atoms with Crippen molar-refractivity contribution in [2.75, 3.05) is 26.0 Å². The molecule has 1 fully saturated rings. The van der Waals surface area contributed by atoms with Gasteiger partial charge in [0, 0.05) is 36.0 Å². The highest BCUT2D eigenvalue weighted by Gasteiger charge is 2.30. The lowest BCUT2D eigenvalue weighted by molar-refractivity contribution is -0.119. The Morgan fingerprint density at radius 1 is 1.38 bits per heavy atom. The Labute approximate surface area is 171 Å². The van der Waals surface area contributed by atoms with E-state index in [4.69, 9.17) is 4.74 Å². The molecule has 2 aromatic rings. The second-order valence-electron chi connectivity index (χ2n) is 6.58. The highest BCUT2D eigenvalue weighted by atomic mass is 16.5. The third-order valence-electron chi connectivity index (χ3n) is 5.00. The summed E-state index contributed by atoms with van der Waals surface area (Å²) in [6.07, 6.45) is 3.99. The molecule has 1 aromatic heterocycles. The van der Waals surface area contributed by atoms with E-state index in [1.54, 1.807) is 25.3 Å². The van der Waals surface area contributed by atoms with Gasteiger partial charge in [0.25, 0.3) is 0 Å². The summed E-state index contributed by atoms with van der Waals surface area (Å²) in [7, 11) is 3.03. The second-order valence-corrected chi connectivity index (χ2v) is 6.58. The third-order valence-corrected chi connectivity index (χ3v) is 5.00. The first-order chi connectivity index (χ1) is 14.1. The average Bonchev–Trinajstić information content (AvgIpc) is 3.13. The molecule has 1 aliphatic rings. The summed E-state index contributed by atoms with van der Waals surface area (Å²) < 4.78 is 5.35. The van der Waals surface area contributed by atoms with E-state index in [-0.39, 0.29) is 11.9 Å². The predicted molar refractivity (Wildman–Crippen MR) is 115 cm³/mol. The van der Waals surface area contributed by atoms with Gasteiger partial charge in [-0.1, -0.05) is 19.3 Å². The van der Waals surface area contributed by atoms with Gasteiger partial charge in [-0.15, -0.1) is 5.92 Å². The largest absolute Gasteiger partial charge is 0.496 e. The lowest BCUT2D eigenvalue weighted by Crippen LogP contribution is -2.35. The number of amides is 1. The number of anilines is 1. The van der Waals surface area contributed by atoms with Gasteiger partial charge in [-0.25, -0.2) is 4.98 Å². The van der Waals surface area contributed by atoms with Gasteiger partial charge in [0.05, 0.1) is 18.2 Å². The van der Waals surface area contributed by atoms with Crippen molar-refractivity contribution in [3.8, 4) is 17.6 Å². The molecule has 1 aliphatic heterocycles. The number of aromatic nitrogens is 1. The van der Waals surface area contributed by atoms with E-state index < -0.39 is 0 Å². The Bertz CT molecular complexity index is 946. The van der Waals surface area contributed by atoms with E-state index in [1.165, 1.54) is 14.2 Å². The smallest absolute Gasteiger partial charge is 0.220 e. The Kier molecular flexibility index (Phi) is 7.98. The number of carbonyl (C=O) groups is 2. The van der Waals surface area contributed by atoms with Gasteiger partial charge in [-0.2, -0.15) is 0 Å². The van der Waals surface area contributed by atoms with E-state index in [1.807, 2.05) is 0 Å². The molecule has 0 bridgehead atoms. The monoisotopic (exact) mass is 396 g/mol. The first-order valence-electron chi connectivity index (χ1n) is 9.60. The first kappa shape index (κ1) is 22.2. The Morgan fingerprint density at radius 3 is 2.76 bits per heavy atom. The number of benzene rings is 1. The van der Waals surface area contributed by atoms with Gasteiger partial charge in [0.1, 0.15) is 11.6 Å². The molecule has 7 nitrogen and oxygen atoms in total. The van der Waals surface area contributed by atoms with Crippen LogP contribution in [0.5, 0.6) is 5.75 Å². The number of nitrogens with two attached hydrogens (primary N) is 1. The summed E-state index contributed by atoms with van der Waals surface area (Å²) in [4.78, 5) is 27.6. The van der Waals surface area contributed by atoms with Crippen LogP contribution in [0.25, 0.3) is 10.8 Å². The molecule has 7 heteroatoms. The molecular weight excluding hydrogens is 368 g/mol. The molecule has 0 aliphatic carbocycles. The molecule has 2 atom stereocenters. The molecule has 2 heterocycles. The molecule has 0 saturated carbocycles. The zero-order valence-corrected chi connectivity index (χ0v) is 17.3. The lowest BCUT2D eigenvalue weighted by atomic mass is 9.97. The molecule has 0 radical (unpaired) electrons. The zero-order chi connectivity index (χ0) is 21.4. The van der Waals surface area contributed by atoms with Gasteiger partial charge >= 0.3 is 0 Å². The van der Waals surface area contributed by atoms with Crippen LogP contribution >= 0.6 is 0 Å². The van der Waals surface area contributed by atoms with Crippen molar-refractivity contribution in [2.45, 2.75) is 32.7 Å². The topological polar surface area (TPSA) is 106 Å². The summed E-state index contributed by atoms with van der Waals surface area (Å²) >= 11 is 0. The minimum absolute atomic E-state index is 0.0746. The van der Waals surface area contributed by atoms with E-state index in [0.717, 1.165) is 29.0 Å². The first-order valence-corrected chi connectivity index (χ1v) is 9.60. The van der Waals surface area contributed by atoms with Crippen molar-refractivity contribution in [1.82, 2.24) is 10.3 Å². The quantitative estimate of drug-likeness (QED) is 0.511. The standard InChI is InChI=1S/C21H23N3O3.CH5N/c1-4-6-14-10-22-21(23-11-18-13(5-2)8-20(26)24-18)17-9-19(27-3)15(12-25)7-16(14)17;1-2/h7,9-10,12-13,18H,5,8,11H2,1-3H3,(H,22,23)(H,24,26);2H2,1H3. The van der Waals surface area contributed by atoms with Crippen LogP contribution in [0, 0.1) is 17.8 Å². The number of pyridine rings is 1. The number of fused-ring (bicyclic) bond motifs is 1. The van der Waals surface area contributed by atoms with Gasteiger partial charge in [0.2, 0.25) is 5.91 Å². The number of methoxy groups -OCH3 is 1. The van der Waals surface area contributed by atoms with Crippen LogP contribution in [-0.4, -0.2) is 43.9 Å². The zero-order valence-electron chi connectivity index (χ0n) is 17.3. The fourth-order valence-corrected chi connectivity index (χ4v) is 3.54. The highest BCUT2D eigenvalue weighted by Crippen LogP contribution is 2.31. The number of hydrogen-bond acceptors (Lipinski definition) is 6. The molecule has 0 spiro atoms. The molecule has 3 rings (SSSR count). The number of hydrogen-bond donors (Lipinski definition) is 3. The van der Waals surface area contributed by atoms with E-state index >= 15 is 0 Å². The third kappa shape index (κ3) is 4.84. The Morgan fingerprint density at radius 2 is 2.14 bits per heavy atom. The molecule has 29 heavy (non-hydrogen) atoms. The van der Waals surface area contributed by atoms with Crippen LogP contribution in [-0.2, 0) is 4.79 Å². The lowest BCUT2D eigenvalue weighted by Gasteiger charge is -2.19. The van der Waals surface area contributed by atoms with Crippen molar-refractivity contribution in [3.05, 3.63) is 29.5 Å². The number of aldehydes is 1. The molecule has 154 valence electrons. The SMILES string of the molecule is CC#Cc1cnc(NCC2NC(=O)CC2CC)c2cc(OC)c(C=O)cc12.CN. The van der Waals surface area contributed by atoms with Crippen molar-refractivity contribution < 1.29 is 14.3 Å². The fourth-order valence-electron chi connectivity index (χ4n) is 3.54. The van der Waals surface area contributed by atoms with E-state index in [9.17, 15) is 9.59 Å². The second kappa shape index (κ2) is 10.4. The molecule has 1 aromatic carbocycles. The highest BCUT2D eigenvalue weighted by molar-refractivity contribution is 6.00. The summed E-state index contributed by atoms with van der Waals surface area (Å²) in [6, 6.07) is 3.66. The van der Waals surface area contributed by atoms with Gasteiger partial charge < -0.3 is 21.1 Å². The van der Waals surface area contributed by atoms with Crippen LogP contribution in [0.3, 0.4) is 0 Å². The fraction of sp³-hybridized carbons (Fsp3) is 0.409. The van der Waals surface area contributed by atoms with Gasteiger partial charge in [-0.3, -0.25) is 9.59 Å². The number of carbonyl (C=O) groups excluding carboxylic acids is 2. The molecular formula is C22H28N4O3. The van der Waals surface area contributed by atoms with Crippen LogP contribution in [0.1, 0.15) is 42.6 Å². The van der Waals surface area contributed by atoms with Crippen molar-refractivity contribution in [2.24, 2.45) is 11.7 Å². The molecule has 2 unspecified atom stereocenters. The van der Waals surface area contributed by atoms with Crippen molar-refractivity contribution >= 4 is 28.8 Å². The Balaban J connectivity index is 0.00000145. The summed E-state index contributed by atoms with van der Waals surface area (Å²) in [5.41, 5.74) is 5.72. The summed E-state index contributed by atoms with van der Waals surface area (Å²) in [6.45, 7) is 4.44. The summed E-state index contributed by atoms with van der Waals surface area (Å²) in [5, 5.41) is 8.05. The maximum Gasteiger partial charge on any atom is 0.220 e. The average molecular weight is 396 g/mol. The van der Waals surface area contributed by atoms with Crippen molar-refractivity contribution in [3.63, 3.8) is 0 Å². The predicted octanol–water partition coefficient (Wildman–Crippen LogP) is 2.33. The maximum atomic E-state index is 11.7. The summed E-state index contributed by atoms with van der Waals surface area (Å²) in [5.74, 6) is 7.49. The van der Waals surface area contributed by atoms with Crippen LogP contribution in [0.2, 0.25) is 0 Å². The van der Waals surface area contributed by atoms with Crippen LogP contribution < -0.4 is 21.1 Å². The maximum absolute atomic E-state index is 11.7. The number of nitrogens with one attached hydrogen (secondary N) is 2. The van der Waals surface area contributed by atoms with Crippen molar-refractivity contribution in [1.29, 1.82) is 0 Å². The number of nitrogens with zero attached hydrogens (tertiary/aromatic N) is 1. The van der Waals surface area contributed by atoms with Crippen LogP contribution in [0.4, 0.5) is 5.82 Å². The van der Waals surface area contributed by atoms with Crippen LogP contribution in [0.15, 0.2) is 18.3 Å².